The molecule has 0 saturated carbocycles. The Kier molecular flexibility index (Phi) is 7.72. The van der Waals surface area contributed by atoms with E-state index in [2.05, 4.69) is 4.99 Å². The molecule has 0 amide bonds. The average molecular weight is 580 g/mol. The smallest absolute Gasteiger partial charge is 0.363 e. The van der Waals surface area contributed by atoms with Gasteiger partial charge >= 0.3 is 5.97 Å². The number of carbonyl (C=O) groups is 1. The van der Waals surface area contributed by atoms with Gasteiger partial charge in [-0.2, -0.15) is 0 Å². The average Bonchev–Trinajstić information content (AvgIpc) is 3.36. The number of cyclic esters (lactones) is 1. The molecule has 0 radical (unpaired) electrons. The second-order valence-corrected chi connectivity index (χ2v) is 10.2. The molecule has 0 aromatic heterocycles. The van der Waals surface area contributed by atoms with Crippen LogP contribution in [-0.4, -0.2) is 11.9 Å². The van der Waals surface area contributed by atoms with Crippen molar-refractivity contribution in [2.45, 2.75) is 13.2 Å². The highest BCUT2D eigenvalue weighted by Crippen LogP contribution is 2.31. The fraction of sp³-hybridized carbons (Fsp3) is 0.0588. The minimum Gasteiger partial charge on any atom is -0.489 e. The molecule has 0 unspecified atom stereocenters. The lowest BCUT2D eigenvalue weighted by Crippen LogP contribution is -2.05. The highest BCUT2D eigenvalue weighted by atomic mass is 35.5. The second kappa shape index (κ2) is 11.9. The summed E-state index contributed by atoms with van der Waals surface area (Å²) in [6, 6.07) is 34.2. The summed E-state index contributed by atoms with van der Waals surface area (Å²) in [4.78, 5) is 17.3. The molecule has 1 aliphatic heterocycles. The Hall–Kier alpha value is -4.58. The molecule has 5 aromatic rings. The van der Waals surface area contributed by atoms with Crippen molar-refractivity contribution in [2.24, 2.45) is 4.99 Å². The normalized spacial score (nSPS) is 13.8. The minimum atomic E-state index is -0.538. The van der Waals surface area contributed by atoms with Crippen LogP contribution >= 0.6 is 23.2 Å². The first kappa shape index (κ1) is 26.6. The van der Waals surface area contributed by atoms with Crippen molar-refractivity contribution in [1.82, 2.24) is 0 Å². The van der Waals surface area contributed by atoms with Crippen LogP contribution < -0.4 is 9.47 Å². The Bertz CT molecular complexity index is 1830. The molecule has 0 atom stereocenters. The van der Waals surface area contributed by atoms with Gasteiger partial charge in [0.1, 0.15) is 24.7 Å². The molecule has 7 heteroatoms. The summed E-state index contributed by atoms with van der Waals surface area (Å²) in [6.45, 7) is 0.510. The SMILES string of the molecule is O=C1OC(c2ccc3ccccc3c2)=N/C1=C\c1ccc(OCc2ccccc2Cl)cc1OCc1ccccc1Cl. The standard InChI is InChI=1S/C34H23Cl2NO4/c35-29-11-5-3-9-26(29)20-39-28-16-15-24(32(19-28)40-21-27-10-4-6-12-30(27)36)18-31-34(38)41-33(37-31)25-14-13-22-7-1-2-8-23(22)17-25/h1-19H,20-21H2/b31-18-. The molecule has 0 N–H and O–H groups in total. The van der Waals surface area contributed by atoms with Gasteiger partial charge < -0.3 is 14.2 Å². The first-order chi connectivity index (χ1) is 20.0. The summed E-state index contributed by atoms with van der Waals surface area (Å²) in [5.41, 5.74) is 3.22. The highest BCUT2D eigenvalue weighted by molar-refractivity contribution is 6.31. The van der Waals surface area contributed by atoms with Crippen molar-refractivity contribution in [3.63, 3.8) is 0 Å². The van der Waals surface area contributed by atoms with Gasteiger partial charge in [0.15, 0.2) is 5.70 Å². The van der Waals surface area contributed by atoms with Crippen LogP contribution in [0.15, 0.2) is 120 Å². The third-order valence-corrected chi connectivity index (χ3v) is 7.32. The van der Waals surface area contributed by atoms with Gasteiger partial charge in [0, 0.05) is 38.4 Å². The van der Waals surface area contributed by atoms with E-state index in [1.807, 2.05) is 97.1 Å². The van der Waals surface area contributed by atoms with Crippen LogP contribution in [0.5, 0.6) is 11.5 Å². The van der Waals surface area contributed by atoms with E-state index in [0.29, 0.717) is 27.1 Å². The lowest BCUT2D eigenvalue weighted by atomic mass is 10.1. The first-order valence-electron chi connectivity index (χ1n) is 12.9. The Morgan fingerprint density at radius 2 is 1.37 bits per heavy atom. The van der Waals surface area contributed by atoms with Gasteiger partial charge in [-0.15, -0.1) is 0 Å². The summed E-state index contributed by atoms with van der Waals surface area (Å²) in [7, 11) is 0. The zero-order valence-electron chi connectivity index (χ0n) is 21.7. The summed E-state index contributed by atoms with van der Waals surface area (Å²) >= 11 is 12.6. The van der Waals surface area contributed by atoms with E-state index < -0.39 is 5.97 Å². The van der Waals surface area contributed by atoms with Gasteiger partial charge in [-0.05, 0) is 53.2 Å². The van der Waals surface area contributed by atoms with E-state index in [-0.39, 0.29) is 24.8 Å². The predicted octanol–water partition coefficient (Wildman–Crippen LogP) is 8.65. The molecule has 0 fully saturated rings. The number of nitrogens with zero attached hydrogens (tertiary/aromatic N) is 1. The van der Waals surface area contributed by atoms with Gasteiger partial charge in [0.25, 0.3) is 0 Å². The summed E-state index contributed by atoms with van der Waals surface area (Å²) in [5.74, 6) is 0.793. The Labute approximate surface area is 247 Å². The van der Waals surface area contributed by atoms with Crippen LogP contribution in [0.3, 0.4) is 0 Å². The lowest BCUT2D eigenvalue weighted by Gasteiger charge is -2.14. The zero-order chi connectivity index (χ0) is 28.2. The van der Waals surface area contributed by atoms with Gasteiger partial charge in [-0.25, -0.2) is 9.79 Å². The number of aliphatic imine (C=N–C) groups is 1. The molecule has 1 aliphatic rings. The maximum atomic E-state index is 12.8. The number of carbonyl (C=O) groups excluding carboxylic acids is 1. The van der Waals surface area contributed by atoms with Crippen LogP contribution in [0.1, 0.15) is 22.3 Å². The van der Waals surface area contributed by atoms with E-state index >= 15 is 0 Å². The Morgan fingerprint density at radius 1 is 0.707 bits per heavy atom. The summed E-state index contributed by atoms with van der Waals surface area (Å²) in [6.07, 6.45) is 1.65. The number of ether oxygens (including phenoxy) is 3. The molecule has 6 rings (SSSR count). The molecule has 41 heavy (non-hydrogen) atoms. The summed E-state index contributed by atoms with van der Waals surface area (Å²) in [5, 5.41) is 3.35. The fourth-order valence-electron chi connectivity index (χ4n) is 4.40. The van der Waals surface area contributed by atoms with Crippen molar-refractivity contribution < 1.29 is 19.0 Å². The van der Waals surface area contributed by atoms with E-state index in [1.54, 1.807) is 18.2 Å². The maximum Gasteiger partial charge on any atom is 0.363 e. The minimum absolute atomic E-state index is 0.167. The summed E-state index contributed by atoms with van der Waals surface area (Å²) < 4.78 is 17.7. The highest BCUT2D eigenvalue weighted by Gasteiger charge is 2.25. The number of hydrogen-bond acceptors (Lipinski definition) is 5. The molecule has 0 spiro atoms. The number of rotatable bonds is 8. The number of halogens is 2. The van der Waals surface area contributed by atoms with E-state index in [0.717, 1.165) is 27.5 Å². The topological polar surface area (TPSA) is 57.1 Å². The van der Waals surface area contributed by atoms with E-state index in [1.165, 1.54) is 0 Å². The molecule has 0 bridgehead atoms. The molecule has 5 nitrogen and oxygen atoms in total. The third-order valence-electron chi connectivity index (χ3n) is 6.59. The number of fused-ring (bicyclic) bond motifs is 1. The van der Waals surface area contributed by atoms with Crippen molar-refractivity contribution in [3.05, 3.63) is 147 Å². The van der Waals surface area contributed by atoms with E-state index in [9.17, 15) is 4.79 Å². The van der Waals surface area contributed by atoms with Crippen molar-refractivity contribution in [2.75, 3.05) is 0 Å². The van der Waals surface area contributed by atoms with Crippen LogP contribution in [-0.2, 0) is 22.7 Å². The first-order valence-corrected chi connectivity index (χ1v) is 13.7. The number of benzene rings is 5. The van der Waals surface area contributed by atoms with Crippen LogP contribution in [0, 0.1) is 0 Å². The van der Waals surface area contributed by atoms with E-state index in [4.69, 9.17) is 37.4 Å². The molecular formula is C34H23Cl2NO4. The van der Waals surface area contributed by atoms with Crippen molar-refractivity contribution in [3.8, 4) is 11.5 Å². The largest absolute Gasteiger partial charge is 0.489 e. The van der Waals surface area contributed by atoms with Crippen LogP contribution in [0.25, 0.3) is 16.8 Å². The van der Waals surface area contributed by atoms with Crippen LogP contribution in [0.4, 0.5) is 0 Å². The second-order valence-electron chi connectivity index (χ2n) is 9.36. The van der Waals surface area contributed by atoms with Crippen molar-refractivity contribution in [1.29, 1.82) is 0 Å². The molecule has 1 heterocycles. The zero-order valence-corrected chi connectivity index (χ0v) is 23.2. The number of hydrogen-bond donors (Lipinski definition) is 0. The number of esters is 1. The quantitative estimate of drug-likeness (QED) is 0.136. The third kappa shape index (κ3) is 6.12. The predicted molar refractivity (Wildman–Crippen MR) is 163 cm³/mol. The fourth-order valence-corrected chi connectivity index (χ4v) is 4.78. The molecular weight excluding hydrogens is 557 g/mol. The van der Waals surface area contributed by atoms with Gasteiger partial charge in [-0.3, -0.25) is 0 Å². The monoisotopic (exact) mass is 579 g/mol. The molecule has 0 saturated heterocycles. The molecule has 202 valence electrons. The lowest BCUT2D eigenvalue weighted by molar-refractivity contribution is -0.129. The van der Waals surface area contributed by atoms with Gasteiger partial charge in [0.2, 0.25) is 5.90 Å². The maximum absolute atomic E-state index is 12.8. The van der Waals surface area contributed by atoms with Crippen LogP contribution in [0.2, 0.25) is 10.0 Å². The Morgan fingerprint density at radius 3 is 2.10 bits per heavy atom. The van der Waals surface area contributed by atoms with Gasteiger partial charge in [-0.1, -0.05) is 89.9 Å². The van der Waals surface area contributed by atoms with Gasteiger partial charge in [0.05, 0.1) is 0 Å². The Balaban J connectivity index is 1.30. The molecule has 0 aliphatic carbocycles. The van der Waals surface area contributed by atoms with Crippen molar-refractivity contribution >= 4 is 51.9 Å². The molecule has 5 aromatic carbocycles.